The summed E-state index contributed by atoms with van der Waals surface area (Å²) in [6.07, 6.45) is 4.27. The van der Waals surface area contributed by atoms with Gasteiger partial charge in [0, 0.05) is 17.9 Å². The van der Waals surface area contributed by atoms with Gasteiger partial charge < -0.3 is 14.6 Å². The highest BCUT2D eigenvalue weighted by molar-refractivity contribution is 5.48. The molecule has 2 unspecified atom stereocenters. The van der Waals surface area contributed by atoms with Crippen LogP contribution in [-0.2, 0) is 0 Å². The molecule has 2 fully saturated rings. The summed E-state index contributed by atoms with van der Waals surface area (Å²) in [6.45, 7) is 0. The van der Waals surface area contributed by atoms with Crippen molar-refractivity contribution in [3.8, 4) is 11.5 Å². The van der Waals surface area contributed by atoms with Crippen molar-refractivity contribution in [2.45, 2.75) is 44.3 Å². The average Bonchev–Trinajstić information content (AvgIpc) is 2.99. The molecule has 2 atom stereocenters. The van der Waals surface area contributed by atoms with Gasteiger partial charge in [-0.15, -0.1) is 0 Å². The fourth-order valence-electron chi connectivity index (χ4n) is 3.60. The number of non-ortho nitro benzene ring substituents is 1. The zero-order valence-electron chi connectivity index (χ0n) is 11.9. The summed E-state index contributed by atoms with van der Waals surface area (Å²) >= 11 is 0. The van der Waals surface area contributed by atoms with Crippen molar-refractivity contribution >= 4 is 5.69 Å². The summed E-state index contributed by atoms with van der Waals surface area (Å²) in [6, 6.07) is 4.34. The molecule has 0 bridgehead atoms. The zero-order valence-corrected chi connectivity index (χ0v) is 11.9. The van der Waals surface area contributed by atoms with Crippen molar-refractivity contribution in [3.63, 3.8) is 0 Å². The van der Waals surface area contributed by atoms with Crippen LogP contribution in [-0.4, -0.2) is 29.3 Å². The van der Waals surface area contributed by atoms with Gasteiger partial charge in [0.1, 0.15) is 6.10 Å². The smallest absolute Gasteiger partial charge is 0.273 e. The molecule has 0 heterocycles. The second kappa shape index (κ2) is 5.18. The number of methoxy groups -OCH3 is 1. The van der Waals surface area contributed by atoms with Crippen molar-refractivity contribution in [3.05, 3.63) is 28.3 Å². The van der Waals surface area contributed by atoms with Crippen LogP contribution < -0.4 is 9.47 Å². The molecule has 2 aliphatic rings. The molecule has 6 nitrogen and oxygen atoms in total. The maximum Gasteiger partial charge on any atom is 0.273 e. The Labute approximate surface area is 122 Å². The molecule has 6 heteroatoms. The third kappa shape index (κ3) is 2.23. The molecule has 114 valence electrons. The minimum absolute atomic E-state index is 0.0221. The molecular weight excluding hydrogens is 274 g/mol. The van der Waals surface area contributed by atoms with Gasteiger partial charge in [0.2, 0.25) is 0 Å². The lowest BCUT2D eigenvalue weighted by molar-refractivity contribution is -0.385. The number of nitro benzene ring substituents is 1. The first-order chi connectivity index (χ1) is 10.1. The number of hydrogen-bond acceptors (Lipinski definition) is 5. The molecule has 0 amide bonds. The van der Waals surface area contributed by atoms with Gasteiger partial charge in [-0.1, -0.05) is 12.8 Å². The molecule has 0 aliphatic heterocycles. The van der Waals surface area contributed by atoms with Crippen molar-refractivity contribution in [2.24, 2.45) is 5.41 Å². The Balaban J connectivity index is 1.84. The second-order valence-corrected chi connectivity index (χ2v) is 5.89. The van der Waals surface area contributed by atoms with Gasteiger partial charge in [-0.3, -0.25) is 10.1 Å². The Morgan fingerprint density at radius 1 is 1.33 bits per heavy atom. The fraction of sp³-hybridized carbons (Fsp3) is 0.600. The molecule has 1 spiro atoms. The molecule has 2 saturated carbocycles. The quantitative estimate of drug-likeness (QED) is 0.681. The van der Waals surface area contributed by atoms with Crippen LogP contribution in [0.1, 0.15) is 32.1 Å². The largest absolute Gasteiger partial charge is 0.493 e. The molecule has 1 aromatic carbocycles. The van der Waals surface area contributed by atoms with Gasteiger partial charge in [0.15, 0.2) is 11.5 Å². The molecule has 0 aromatic heterocycles. The highest BCUT2D eigenvalue weighted by Gasteiger charge is 2.57. The Bertz CT molecular complexity index is 553. The van der Waals surface area contributed by atoms with E-state index in [1.165, 1.54) is 19.2 Å². The predicted octanol–water partition coefficient (Wildman–Crippen LogP) is 2.68. The van der Waals surface area contributed by atoms with Gasteiger partial charge in [-0.2, -0.15) is 0 Å². The minimum atomic E-state index is -0.451. The van der Waals surface area contributed by atoms with Gasteiger partial charge in [0.25, 0.3) is 5.69 Å². The molecule has 0 saturated heterocycles. The maximum absolute atomic E-state index is 10.9. The SMILES string of the molecule is COc1ccc([N+](=O)[O-])cc1OC1CC(O)C12CCCC2. The molecule has 1 N–H and O–H groups in total. The van der Waals surface area contributed by atoms with Gasteiger partial charge >= 0.3 is 0 Å². The van der Waals surface area contributed by atoms with E-state index in [2.05, 4.69) is 0 Å². The van der Waals surface area contributed by atoms with E-state index in [1.807, 2.05) is 0 Å². The second-order valence-electron chi connectivity index (χ2n) is 5.89. The summed E-state index contributed by atoms with van der Waals surface area (Å²) < 4.78 is 11.2. The van der Waals surface area contributed by atoms with E-state index in [0.29, 0.717) is 17.9 Å². The Kier molecular flexibility index (Phi) is 3.49. The van der Waals surface area contributed by atoms with Crippen LogP contribution >= 0.6 is 0 Å². The highest BCUT2D eigenvalue weighted by atomic mass is 16.6. The van der Waals surface area contributed by atoms with Crippen LogP contribution in [0.3, 0.4) is 0 Å². The Morgan fingerprint density at radius 3 is 2.62 bits per heavy atom. The number of nitrogens with zero attached hydrogens (tertiary/aromatic N) is 1. The number of hydrogen-bond donors (Lipinski definition) is 1. The van der Waals surface area contributed by atoms with E-state index in [9.17, 15) is 15.2 Å². The molecule has 3 rings (SSSR count). The number of benzene rings is 1. The topological polar surface area (TPSA) is 81.8 Å². The Morgan fingerprint density at radius 2 is 2.05 bits per heavy atom. The summed E-state index contributed by atoms with van der Waals surface area (Å²) in [5, 5.41) is 21.0. The molecule has 0 radical (unpaired) electrons. The number of ether oxygens (including phenoxy) is 2. The van der Waals surface area contributed by atoms with Crippen LogP contribution in [0.15, 0.2) is 18.2 Å². The standard InChI is InChI=1S/C15H19NO5/c1-20-11-5-4-10(16(18)19)8-12(11)21-14-9-13(17)15(14)6-2-3-7-15/h4-5,8,13-14,17H,2-3,6-7,9H2,1H3. The summed E-state index contributed by atoms with van der Waals surface area (Å²) in [4.78, 5) is 10.4. The number of nitro groups is 1. The van der Waals surface area contributed by atoms with Crippen molar-refractivity contribution in [1.82, 2.24) is 0 Å². The molecule has 2 aliphatic carbocycles. The van der Waals surface area contributed by atoms with Crippen LogP contribution in [0.25, 0.3) is 0 Å². The lowest BCUT2D eigenvalue weighted by atomic mass is 9.62. The minimum Gasteiger partial charge on any atom is -0.493 e. The summed E-state index contributed by atoms with van der Waals surface area (Å²) in [7, 11) is 1.51. The Hall–Kier alpha value is -1.82. The zero-order chi connectivity index (χ0) is 15.0. The maximum atomic E-state index is 10.9. The van der Waals surface area contributed by atoms with E-state index in [4.69, 9.17) is 9.47 Å². The lowest BCUT2D eigenvalue weighted by Crippen LogP contribution is -2.58. The summed E-state index contributed by atoms with van der Waals surface area (Å²) in [5.74, 6) is 0.866. The van der Waals surface area contributed by atoms with Crippen LogP contribution in [0, 0.1) is 15.5 Å². The first-order valence-corrected chi connectivity index (χ1v) is 7.24. The first-order valence-electron chi connectivity index (χ1n) is 7.24. The van der Waals surface area contributed by atoms with E-state index < -0.39 is 4.92 Å². The van der Waals surface area contributed by atoms with Gasteiger partial charge in [0.05, 0.1) is 24.2 Å². The van der Waals surface area contributed by atoms with Gasteiger partial charge in [-0.05, 0) is 18.9 Å². The average molecular weight is 293 g/mol. The summed E-state index contributed by atoms with van der Waals surface area (Å²) in [5.41, 5.74) is -0.193. The lowest BCUT2D eigenvalue weighted by Gasteiger charge is -2.51. The predicted molar refractivity (Wildman–Crippen MR) is 75.6 cm³/mol. The molecule has 1 aromatic rings. The van der Waals surface area contributed by atoms with Crippen LogP contribution in [0.2, 0.25) is 0 Å². The van der Waals surface area contributed by atoms with Crippen molar-refractivity contribution in [2.75, 3.05) is 7.11 Å². The highest BCUT2D eigenvalue weighted by Crippen LogP contribution is 2.55. The number of aliphatic hydroxyl groups is 1. The fourth-order valence-corrected chi connectivity index (χ4v) is 3.60. The van der Waals surface area contributed by atoms with E-state index in [-0.39, 0.29) is 23.3 Å². The van der Waals surface area contributed by atoms with E-state index in [0.717, 1.165) is 25.7 Å². The van der Waals surface area contributed by atoms with Gasteiger partial charge in [-0.25, -0.2) is 0 Å². The molecule has 21 heavy (non-hydrogen) atoms. The normalized spacial score (nSPS) is 26.4. The van der Waals surface area contributed by atoms with Crippen LogP contribution in [0.5, 0.6) is 11.5 Å². The van der Waals surface area contributed by atoms with Crippen molar-refractivity contribution < 1.29 is 19.5 Å². The number of rotatable bonds is 4. The third-order valence-corrected chi connectivity index (χ3v) is 4.90. The number of aliphatic hydroxyl groups excluding tert-OH is 1. The monoisotopic (exact) mass is 293 g/mol. The van der Waals surface area contributed by atoms with Crippen LogP contribution in [0.4, 0.5) is 5.69 Å². The third-order valence-electron chi connectivity index (χ3n) is 4.90. The first kappa shape index (κ1) is 14.1. The molecular formula is C15H19NO5. The van der Waals surface area contributed by atoms with Crippen molar-refractivity contribution in [1.29, 1.82) is 0 Å². The van der Waals surface area contributed by atoms with E-state index >= 15 is 0 Å². The van der Waals surface area contributed by atoms with E-state index in [1.54, 1.807) is 6.07 Å².